The molecule has 7 nitrogen and oxygen atoms in total. The van der Waals surface area contributed by atoms with Crippen molar-refractivity contribution in [2.75, 3.05) is 20.2 Å². The smallest absolute Gasteiger partial charge is 0.253 e. The summed E-state index contributed by atoms with van der Waals surface area (Å²) in [7, 11) is 1.63. The SMILES string of the molecule is COCc1nc([C@H]2CN(C(=O)c3cccc(CO)c3)C[C@@H]2C2CC2)n[nH]1. The van der Waals surface area contributed by atoms with Crippen molar-refractivity contribution < 1.29 is 14.6 Å². The third-order valence-electron chi connectivity index (χ3n) is 5.40. The van der Waals surface area contributed by atoms with Crippen molar-refractivity contribution in [2.24, 2.45) is 11.8 Å². The minimum Gasteiger partial charge on any atom is -0.392 e. The molecule has 4 rings (SSSR count). The van der Waals surface area contributed by atoms with Crippen LogP contribution in [-0.2, 0) is 18.0 Å². The van der Waals surface area contributed by atoms with Crippen molar-refractivity contribution >= 4 is 5.91 Å². The molecule has 1 aliphatic carbocycles. The lowest BCUT2D eigenvalue weighted by Gasteiger charge is -2.16. The Hall–Kier alpha value is -2.25. The molecule has 0 radical (unpaired) electrons. The maximum Gasteiger partial charge on any atom is 0.253 e. The number of aliphatic hydroxyl groups excluding tert-OH is 1. The van der Waals surface area contributed by atoms with Crippen LogP contribution >= 0.6 is 0 Å². The van der Waals surface area contributed by atoms with Crippen molar-refractivity contribution in [1.29, 1.82) is 0 Å². The van der Waals surface area contributed by atoms with Gasteiger partial charge in [-0.3, -0.25) is 9.89 Å². The molecule has 1 aliphatic heterocycles. The van der Waals surface area contributed by atoms with Gasteiger partial charge in [0.25, 0.3) is 5.91 Å². The van der Waals surface area contributed by atoms with Crippen LogP contribution in [0.25, 0.3) is 0 Å². The average Bonchev–Trinajstić information content (AvgIpc) is 3.25. The van der Waals surface area contributed by atoms with E-state index in [1.54, 1.807) is 13.2 Å². The molecule has 2 aromatic rings. The molecule has 2 atom stereocenters. The van der Waals surface area contributed by atoms with Crippen molar-refractivity contribution in [2.45, 2.75) is 32.0 Å². The van der Waals surface area contributed by atoms with Gasteiger partial charge in [-0.25, -0.2) is 4.98 Å². The molecule has 26 heavy (non-hydrogen) atoms. The Kier molecular flexibility index (Phi) is 4.74. The van der Waals surface area contributed by atoms with Gasteiger partial charge in [0.15, 0.2) is 11.6 Å². The number of rotatable bonds is 6. The summed E-state index contributed by atoms with van der Waals surface area (Å²) < 4.78 is 5.11. The van der Waals surface area contributed by atoms with Crippen molar-refractivity contribution in [3.05, 3.63) is 47.0 Å². The topological polar surface area (TPSA) is 91.3 Å². The normalized spacial score (nSPS) is 22.8. The van der Waals surface area contributed by atoms with Gasteiger partial charge in [0.1, 0.15) is 6.61 Å². The van der Waals surface area contributed by atoms with Gasteiger partial charge in [-0.2, -0.15) is 5.10 Å². The first-order valence-corrected chi connectivity index (χ1v) is 9.08. The minimum absolute atomic E-state index is 0.0149. The first-order chi connectivity index (χ1) is 12.7. The van der Waals surface area contributed by atoms with Gasteiger partial charge < -0.3 is 14.7 Å². The van der Waals surface area contributed by atoms with Crippen LogP contribution in [0, 0.1) is 11.8 Å². The summed E-state index contributed by atoms with van der Waals surface area (Å²) in [6.07, 6.45) is 2.44. The molecule has 7 heteroatoms. The number of nitrogens with zero attached hydrogens (tertiary/aromatic N) is 3. The first-order valence-electron chi connectivity index (χ1n) is 9.08. The Balaban J connectivity index is 1.54. The molecule has 2 aliphatic rings. The zero-order valence-corrected chi connectivity index (χ0v) is 14.9. The quantitative estimate of drug-likeness (QED) is 0.822. The molecule has 1 amide bonds. The number of ether oxygens (including phenoxy) is 1. The Bertz CT molecular complexity index is 787. The molecule has 0 bridgehead atoms. The van der Waals surface area contributed by atoms with E-state index in [0.717, 1.165) is 23.8 Å². The Morgan fingerprint density at radius 3 is 2.96 bits per heavy atom. The van der Waals surface area contributed by atoms with Gasteiger partial charge in [0.2, 0.25) is 0 Å². The van der Waals surface area contributed by atoms with Crippen molar-refractivity contribution in [3.63, 3.8) is 0 Å². The number of amides is 1. The number of aromatic amines is 1. The van der Waals surface area contributed by atoms with E-state index in [1.807, 2.05) is 23.1 Å². The standard InChI is InChI=1S/C19H24N4O3/c1-26-11-17-20-18(22-21-17)16-9-23(8-15(16)13-5-6-13)19(25)14-4-2-3-12(7-14)10-24/h2-4,7,13,15-16,24H,5-6,8-11H2,1H3,(H,20,21,22)/t15-,16+/m1/s1. The number of hydrogen-bond donors (Lipinski definition) is 2. The second-order valence-corrected chi connectivity index (χ2v) is 7.25. The summed E-state index contributed by atoms with van der Waals surface area (Å²) in [6.45, 7) is 1.72. The number of hydrogen-bond acceptors (Lipinski definition) is 5. The lowest BCUT2D eigenvalue weighted by Crippen LogP contribution is -2.29. The molecule has 138 valence electrons. The Morgan fingerprint density at radius 1 is 1.38 bits per heavy atom. The largest absolute Gasteiger partial charge is 0.392 e. The van der Waals surface area contributed by atoms with Gasteiger partial charge in [-0.15, -0.1) is 0 Å². The van der Waals surface area contributed by atoms with E-state index in [9.17, 15) is 9.90 Å². The lowest BCUT2D eigenvalue weighted by molar-refractivity contribution is 0.0784. The molecule has 1 aromatic carbocycles. The molecule has 1 aromatic heterocycles. The summed E-state index contributed by atoms with van der Waals surface area (Å²) in [5.41, 5.74) is 1.38. The van der Waals surface area contributed by atoms with Crippen LogP contribution in [0.3, 0.4) is 0 Å². The fourth-order valence-electron chi connectivity index (χ4n) is 3.93. The third kappa shape index (κ3) is 3.37. The van der Waals surface area contributed by atoms with Gasteiger partial charge in [-0.1, -0.05) is 12.1 Å². The lowest BCUT2D eigenvalue weighted by atomic mass is 9.91. The summed E-state index contributed by atoms with van der Waals surface area (Å²) >= 11 is 0. The monoisotopic (exact) mass is 356 g/mol. The van der Waals surface area contributed by atoms with Crippen LogP contribution < -0.4 is 0 Å². The van der Waals surface area contributed by atoms with Crippen LogP contribution in [0.2, 0.25) is 0 Å². The van der Waals surface area contributed by atoms with E-state index in [-0.39, 0.29) is 18.4 Å². The zero-order valence-electron chi connectivity index (χ0n) is 14.9. The predicted molar refractivity (Wildman–Crippen MR) is 94.3 cm³/mol. The summed E-state index contributed by atoms with van der Waals surface area (Å²) in [5, 5.41) is 16.6. The number of benzene rings is 1. The summed E-state index contributed by atoms with van der Waals surface area (Å²) in [6, 6.07) is 7.22. The highest BCUT2D eigenvalue weighted by Gasteiger charge is 2.46. The Morgan fingerprint density at radius 2 is 2.23 bits per heavy atom. The second kappa shape index (κ2) is 7.17. The molecule has 1 saturated carbocycles. The highest BCUT2D eigenvalue weighted by molar-refractivity contribution is 5.94. The fraction of sp³-hybridized carbons (Fsp3) is 0.526. The number of carbonyl (C=O) groups is 1. The number of carbonyl (C=O) groups excluding carboxylic acids is 1. The van der Waals surface area contributed by atoms with E-state index in [2.05, 4.69) is 15.2 Å². The van der Waals surface area contributed by atoms with E-state index < -0.39 is 0 Å². The van der Waals surface area contributed by atoms with Gasteiger partial charge in [-0.05, 0) is 42.4 Å². The first kappa shape index (κ1) is 17.2. The van der Waals surface area contributed by atoms with Crippen molar-refractivity contribution in [3.8, 4) is 0 Å². The van der Waals surface area contributed by atoms with Crippen LogP contribution in [0.5, 0.6) is 0 Å². The molecule has 2 N–H and O–H groups in total. The van der Waals surface area contributed by atoms with Gasteiger partial charge >= 0.3 is 0 Å². The highest BCUT2D eigenvalue weighted by atomic mass is 16.5. The zero-order chi connectivity index (χ0) is 18.1. The van der Waals surface area contributed by atoms with Crippen molar-refractivity contribution in [1.82, 2.24) is 20.1 Å². The number of aliphatic hydroxyl groups is 1. The molecule has 1 saturated heterocycles. The second-order valence-electron chi connectivity index (χ2n) is 7.25. The molecule has 2 fully saturated rings. The van der Waals surface area contributed by atoms with E-state index >= 15 is 0 Å². The number of likely N-dealkylation sites (tertiary alicyclic amines) is 1. The molecule has 2 heterocycles. The molecular weight excluding hydrogens is 332 g/mol. The highest BCUT2D eigenvalue weighted by Crippen LogP contribution is 2.47. The Labute approximate surface area is 152 Å². The van der Waals surface area contributed by atoms with Gasteiger partial charge in [0, 0.05) is 31.7 Å². The summed E-state index contributed by atoms with van der Waals surface area (Å²) in [5.74, 6) is 2.75. The number of aromatic nitrogens is 3. The summed E-state index contributed by atoms with van der Waals surface area (Å²) in [4.78, 5) is 19.5. The van der Waals surface area contributed by atoms with Crippen LogP contribution in [0.15, 0.2) is 24.3 Å². The number of H-pyrrole nitrogens is 1. The van der Waals surface area contributed by atoms with E-state index in [4.69, 9.17) is 4.74 Å². The number of methoxy groups -OCH3 is 1. The van der Waals surface area contributed by atoms with E-state index in [1.165, 1.54) is 12.8 Å². The molecule has 0 spiro atoms. The molecule has 0 unspecified atom stereocenters. The maximum atomic E-state index is 13.0. The molecular formula is C19H24N4O3. The predicted octanol–water partition coefficient (Wildman–Crippen LogP) is 1.71. The fourth-order valence-corrected chi connectivity index (χ4v) is 3.93. The minimum atomic E-state index is -0.0616. The third-order valence-corrected chi connectivity index (χ3v) is 5.40. The van der Waals surface area contributed by atoms with Crippen LogP contribution in [0.4, 0.5) is 0 Å². The van der Waals surface area contributed by atoms with Crippen LogP contribution in [0.1, 0.15) is 46.3 Å². The maximum absolute atomic E-state index is 13.0. The van der Waals surface area contributed by atoms with Gasteiger partial charge in [0.05, 0.1) is 6.61 Å². The average molecular weight is 356 g/mol. The van der Waals surface area contributed by atoms with E-state index in [0.29, 0.717) is 30.6 Å². The van der Waals surface area contributed by atoms with Crippen LogP contribution in [-0.4, -0.2) is 51.3 Å². The number of nitrogens with one attached hydrogen (secondary N) is 1.